The first kappa shape index (κ1) is 23.7. The molecule has 184 valence electrons. The summed E-state index contributed by atoms with van der Waals surface area (Å²) in [6.45, 7) is 4.03. The van der Waals surface area contributed by atoms with Gasteiger partial charge >= 0.3 is 0 Å². The first-order chi connectivity index (χ1) is 18.0. The minimum Gasteiger partial charge on any atom is -0.267 e. The molecule has 0 aliphatic rings. The van der Waals surface area contributed by atoms with Crippen LogP contribution in [-0.4, -0.2) is 31.4 Å². The van der Waals surface area contributed by atoms with Crippen molar-refractivity contribution in [2.45, 2.75) is 20.4 Å². The fourth-order valence-corrected chi connectivity index (χ4v) is 4.12. The predicted molar refractivity (Wildman–Crippen MR) is 140 cm³/mol. The molecule has 3 aromatic carbocycles. The number of fused-ring (bicyclic) bond motifs is 1. The van der Waals surface area contributed by atoms with Crippen molar-refractivity contribution in [1.82, 2.24) is 30.4 Å². The van der Waals surface area contributed by atoms with Crippen molar-refractivity contribution in [3.8, 4) is 16.9 Å². The number of hydrogen-bond donors (Lipinski definition) is 2. The molecule has 37 heavy (non-hydrogen) atoms. The number of nitrogens with zero attached hydrogens (tertiary/aromatic N) is 4. The number of carbonyl (C=O) groups excluding carboxylic acids is 2. The molecule has 2 amide bonds. The zero-order valence-electron chi connectivity index (χ0n) is 20.3. The molecular weight excluding hydrogens is 468 g/mol. The highest BCUT2D eigenvalue weighted by Gasteiger charge is 2.21. The molecule has 5 aromatic rings. The zero-order valence-corrected chi connectivity index (χ0v) is 20.3. The lowest BCUT2D eigenvalue weighted by Gasteiger charge is -2.11. The molecule has 0 saturated heterocycles. The van der Waals surface area contributed by atoms with Crippen LogP contribution in [0.3, 0.4) is 0 Å². The largest absolute Gasteiger partial charge is 0.290 e. The quantitative estimate of drug-likeness (QED) is 0.364. The first-order valence-corrected chi connectivity index (χ1v) is 11.8. The Bertz CT molecular complexity index is 1690. The van der Waals surface area contributed by atoms with Crippen molar-refractivity contribution < 1.29 is 9.59 Å². The summed E-state index contributed by atoms with van der Waals surface area (Å²) in [6.07, 6.45) is 1.62. The average Bonchev–Trinajstić information content (AvgIpc) is 3.38. The van der Waals surface area contributed by atoms with Crippen LogP contribution in [0.4, 0.5) is 0 Å². The van der Waals surface area contributed by atoms with Crippen molar-refractivity contribution in [2.24, 2.45) is 0 Å². The monoisotopic (exact) mass is 492 g/mol. The Hall–Kier alpha value is -5.05. The van der Waals surface area contributed by atoms with Gasteiger partial charge in [0, 0.05) is 23.7 Å². The number of para-hydroxylation sites is 1. The van der Waals surface area contributed by atoms with Crippen LogP contribution < -0.4 is 16.4 Å². The molecule has 2 N–H and O–H groups in total. The molecule has 0 unspecified atom stereocenters. The number of aryl methyl sites for hydroxylation is 2. The lowest BCUT2D eigenvalue weighted by molar-refractivity contribution is 0.0844. The van der Waals surface area contributed by atoms with Gasteiger partial charge in [0.25, 0.3) is 17.4 Å². The molecule has 0 atom stereocenters. The SMILES string of the molecule is CCn1nc(C(=O)NNC(=O)c2cn(-c3ccccc3)nc2-c2cccc(C)c2)c2ccccc2c1=O. The average molecular weight is 493 g/mol. The van der Waals surface area contributed by atoms with Crippen LogP contribution in [0, 0.1) is 6.92 Å². The molecule has 0 aliphatic carbocycles. The molecule has 9 heteroatoms. The lowest BCUT2D eigenvalue weighted by atomic mass is 10.1. The van der Waals surface area contributed by atoms with Crippen LogP contribution in [0.5, 0.6) is 0 Å². The van der Waals surface area contributed by atoms with Gasteiger partial charge in [-0.15, -0.1) is 0 Å². The molecule has 5 rings (SSSR count). The number of carbonyl (C=O) groups is 2. The maximum absolute atomic E-state index is 13.3. The minimum atomic E-state index is -0.640. The Morgan fingerprint density at radius 2 is 1.54 bits per heavy atom. The Kier molecular flexibility index (Phi) is 6.34. The second-order valence-corrected chi connectivity index (χ2v) is 8.46. The van der Waals surface area contributed by atoms with Crippen LogP contribution in [-0.2, 0) is 6.54 Å². The standard InChI is InChI=1S/C28H24N6O3/c1-3-33-28(37)22-15-8-7-14-21(22)25(32-33)27(36)30-29-26(35)23-17-34(20-12-5-4-6-13-20)31-24(23)19-11-9-10-18(2)16-19/h4-17H,3H2,1-2H3,(H,29,35)(H,30,36). The van der Waals surface area contributed by atoms with Crippen molar-refractivity contribution in [3.05, 3.63) is 112 Å². The molecule has 0 radical (unpaired) electrons. The van der Waals surface area contributed by atoms with Crippen molar-refractivity contribution in [3.63, 3.8) is 0 Å². The highest BCUT2D eigenvalue weighted by atomic mass is 16.2. The normalized spacial score (nSPS) is 10.9. The third kappa shape index (κ3) is 4.62. The number of amides is 2. The van der Waals surface area contributed by atoms with E-state index in [2.05, 4.69) is 21.0 Å². The van der Waals surface area contributed by atoms with E-state index < -0.39 is 11.8 Å². The number of nitrogens with one attached hydrogen (secondary N) is 2. The summed E-state index contributed by atoms with van der Waals surface area (Å²) in [5.74, 6) is -1.18. The van der Waals surface area contributed by atoms with E-state index in [1.165, 1.54) is 4.68 Å². The fourth-order valence-electron chi connectivity index (χ4n) is 4.12. The fraction of sp³-hybridized carbons (Fsp3) is 0.107. The second-order valence-electron chi connectivity index (χ2n) is 8.46. The van der Waals surface area contributed by atoms with Gasteiger partial charge in [-0.3, -0.25) is 25.2 Å². The molecule has 2 aromatic heterocycles. The van der Waals surface area contributed by atoms with Gasteiger partial charge in [0.2, 0.25) is 0 Å². The molecule has 0 bridgehead atoms. The van der Waals surface area contributed by atoms with Gasteiger partial charge in [-0.05, 0) is 38.1 Å². The van der Waals surface area contributed by atoms with E-state index in [9.17, 15) is 14.4 Å². The third-order valence-corrected chi connectivity index (χ3v) is 5.94. The van der Waals surface area contributed by atoms with Crippen LogP contribution in [0.25, 0.3) is 27.7 Å². The molecule has 0 spiro atoms. The van der Waals surface area contributed by atoms with Crippen molar-refractivity contribution >= 4 is 22.6 Å². The molecular formula is C28H24N6O3. The summed E-state index contributed by atoms with van der Waals surface area (Å²) in [5.41, 5.74) is 8.03. The van der Waals surface area contributed by atoms with Gasteiger partial charge in [0.1, 0.15) is 5.69 Å². The topological polar surface area (TPSA) is 111 Å². The Balaban J connectivity index is 1.47. The summed E-state index contributed by atoms with van der Waals surface area (Å²) in [6, 6.07) is 23.9. The van der Waals surface area contributed by atoms with Gasteiger partial charge in [0.05, 0.1) is 16.6 Å². The summed E-state index contributed by atoms with van der Waals surface area (Å²) in [4.78, 5) is 39.0. The van der Waals surface area contributed by atoms with E-state index >= 15 is 0 Å². The Labute approximate surface area is 212 Å². The maximum atomic E-state index is 13.3. The molecule has 9 nitrogen and oxygen atoms in total. The zero-order chi connectivity index (χ0) is 25.9. The second kappa shape index (κ2) is 9.90. The Morgan fingerprint density at radius 3 is 2.27 bits per heavy atom. The van der Waals surface area contributed by atoms with Crippen molar-refractivity contribution in [1.29, 1.82) is 0 Å². The van der Waals surface area contributed by atoms with Crippen LogP contribution in [0.15, 0.2) is 89.9 Å². The highest BCUT2D eigenvalue weighted by Crippen LogP contribution is 2.24. The summed E-state index contributed by atoms with van der Waals surface area (Å²) in [7, 11) is 0. The lowest BCUT2D eigenvalue weighted by Crippen LogP contribution is -2.42. The van der Waals surface area contributed by atoms with Gasteiger partial charge in [-0.2, -0.15) is 10.2 Å². The molecule has 0 fully saturated rings. The van der Waals surface area contributed by atoms with Gasteiger partial charge < -0.3 is 0 Å². The van der Waals surface area contributed by atoms with E-state index in [1.807, 2.05) is 61.5 Å². The van der Waals surface area contributed by atoms with E-state index in [0.29, 0.717) is 23.0 Å². The molecule has 0 saturated carbocycles. The van der Waals surface area contributed by atoms with Gasteiger partial charge in [-0.1, -0.05) is 60.2 Å². The highest BCUT2D eigenvalue weighted by molar-refractivity contribution is 6.06. The van der Waals surface area contributed by atoms with E-state index in [0.717, 1.165) is 16.8 Å². The number of benzene rings is 3. The number of aromatic nitrogens is 4. The molecule has 0 aliphatic heterocycles. The van der Waals surface area contributed by atoms with Crippen molar-refractivity contribution in [2.75, 3.05) is 0 Å². The van der Waals surface area contributed by atoms with Crippen LogP contribution in [0.2, 0.25) is 0 Å². The van der Waals surface area contributed by atoms with Gasteiger partial charge in [0.15, 0.2) is 5.69 Å². The summed E-state index contributed by atoms with van der Waals surface area (Å²) in [5, 5.41) is 9.66. The smallest absolute Gasteiger partial charge is 0.267 e. The number of rotatable bonds is 5. The first-order valence-electron chi connectivity index (χ1n) is 11.8. The van der Waals surface area contributed by atoms with Gasteiger partial charge in [-0.25, -0.2) is 9.36 Å². The van der Waals surface area contributed by atoms with E-state index in [1.54, 1.807) is 42.1 Å². The predicted octanol–water partition coefficient (Wildman–Crippen LogP) is 3.65. The van der Waals surface area contributed by atoms with Crippen LogP contribution >= 0.6 is 0 Å². The Morgan fingerprint density at radius 1 is 0.838 bits per heavy atom. The maximum Gasteiger partial charge on any atom is 0.290 e. The van der Waals surface area contributed by atoms with E-state index in [-0.39, 0.29) is 16.8 Å². The number of hydrazine groups is 1. The minimum absolute atomic E-state index is 0.0382. The third-order valence-electron chi connectivity index (χ3n) is 5.94. The van der Waals surface area contributed by atoms with E-state index in [4.69, 9.17) is 0 Å². The van der Waals surface area contributed by atoms with Crippen LogP contribution in [0.1, 0.15) is 33.3 Å². The molecule has 2 heterocycles. The number of hydrogen-bond acceptors (Lipinski definition) is 5. The summed E-state index contributed by atoms with van der Waals surface area (Å²) < 4.78 is 2.85. The summed E-state index contributed by atoms with van der Waals surface area (Å²) >= 11 is 0.